The number of Topliss-reactive ketones (excluding diaryl/α,β-unsaturated/α-hetero) is 1. The lowest BCUT2D eigenvalue weighted by atomic mass is 10.1. The molecule has 0 aliphatic carbocycles. The molecule has 0 spiro atoms. The fourth-order valence-electron chi connectivity index (χ4n) is 3.12. The first kappa shape index (κ1) is 23.3. The summed E-state index contributed by atoms with van der Waals surface area (Å²) >= 11 is 1.71. The van der Waals surface area contributed by atoms with Crippen molar-refractivity contribution < 1.29 is 14.3 Å². The van der Waals surface area contributed by atoms with E-state index in [1.54, 1.807) is 44.2 Å². The summed E-state index contributed by atoms with van der Waals surface area (Å²) in [7, 11) is 3.15. The van der Waals surface area contributed by atoms with Crippen LogP contribution in [0.4, 0.5) is 5.69 Å². The first-order valence-electron chi connectivity index (χ1n) is 9.30. The highest BCUT2D eigenvalue weighted by Crippen LogP contribution is 2.30. The van der Waals surface area contributed by atoms with Gasteiger partial charge in [-0.05, 0) is 55.7 Å². The summed E-state index contributed by atoms with van der Waals surface area (Å²) in [5, 5.41) is 0.911. The standard InChI is InChI=1S/C22H26N2O3S.BrH/c1-15-6-7-16(2)18(12-15)24(22-23-10-5-11-28-22)14-19(25)17-8-9-20(26-3)21(13-17)27-4;/h6-9,12-13H,5,10-11,14H2,1-4H3;1H. The molecule has 29 heavy (non-hydrogen) atoms. The molecule has 1 aliphatic rings. The van der Waals surface area contributed by atoms with Crippen molar-refractivity contribution in [2.24, 2.45) is 4.99 Å². The smallest absolute Gasteiger partial charge is 0.182 e. The molecule has 0 saturated heterocycles. The van der Waals surface area contributed by atoms with Gasteiger partial charge in [0.2, 0.25) is 0 Å². The molecule has 0 saturated carbocycles. The number of ketones is 1. The zero-order valence-corrected chi connectivity index (χ0v) is 19.8. The lowest BCUT2D eigenvalue weighted by molar-refractivity contribution is 0.100. The normalized spacial score (nSPS) is 13.2. The molecule has 1 heterocycles. The minimum atomic E-state index is 0. The van der Waals surface area contributed by atoms with Gasteiger partial charge in [-0.1, -0.05) is 23.9 Å². The van der Waals surface area contributed by atoms with E-state index in [1.807, 2.05) is 4.90 Å². The van der Waals surface area contributed by atoms with E-state index in [4.69, 9.17) is 14.5 Å². The van der Waals surface area contributed by atoms with E-state index in [2.05, 4.69) is 32.0 Å². The molecule has 0 fully saturated rings. The van der Waals surface area contributed by atoms with Gasteiger partial charge in [0, 0.05) is 23.5 Å². The van der Waals surface area contributed by atoms with Crippen LogP contribution >= 0.6 is 28.7 Å². The molecule has 1 aliphatic heterocycles. The van der Waals surface area contributed by atoms with Gasteiger partial charge in [0.05, 0.1) is 20.8 Å². The molecule has 2 aromatic rings. The maximum atomic E-state index is 13.1. The van der Waals surface area contributed by atoms with Gasteiger partial charge in [0.1, 0.15) is 0 Å². The number of anilines is 1. The number of hydrogen-bond acceptors (Lipinski definition) is 6. The average molecular weight is 479 g/mol. The maximum Gasteiger partial charge on any atom is 0.182 e. The van der Waals surface area contributed by atoms with Gasteiger partial charge >= 0.3 is 0 Å². The number of benzene rings is 2. The van der Waals surface area contributed by atoms with Crippen molar-refractivity contribution in [3.05, 3.63) is 53.1 Å². The van der Waals surface area contributed by atoms with Crippen LogP contribution in [-0.2, 0) is 0 Å². The molecule has 156 valence electrons. The van der Waals surface area contributed by atoms with Gasteiger partial charge in [-0.25, -0.2) is 0 Å². The van der Waals surface area contributed by atoms with E-state index in [-0.39, 0.29) is 29.3 Å². The molecule has 0 amide bonds. The molecular formula is C22H27BrN2O3S. The van der Waals surface area contributed by atoms with Crippen molar-refractivity contribution in [3.63, 3.8) is 0 Å². The average Bonchev–Trinajstić information content (AvgIpc) is 2.73. The number of aliphatic imine (C=N–C) groups is 1. The van der Waals surface area contributed by atoms with Crippen molar-refractivity contribution in [2.45, 2.75) is 20.3 Å². The summed E-state index contributed by atoms with van der Waals surface area (Å²) in [5.74, 6) is 2.19. The van der Waals surface area contributed by atoms with Gasteiger partial charge in [-0.3, -0.25) is 9.79 Å². The highest BCUT2D eigenvalue weighted by molar-refractivity contribution is 8.93. The Hall–Kier alpha value is -1.99. The Balaban J connectivity index is 0.00000300. The van der Waals surface area contributed by atoms with Crippen LogP contribution in [0.5, 0.6) is 11.5 Å². The van der Waals surface area contributed by atoms with Crippen LogP contribution in [0.15, 0.2) is 41.4 Å². The summed E-state index contributed by atoms with van der Waals surface area (Å²) in [6, 6.07) is 11.6. The van der Waals surface area contributed by atoms with Gasteiger partial charge < -0.3 is 14.4 Å². The molecule has 0 aromatic heterocycles. The maximum absolute atomic E-state index is 13.1. The summed E-state index contributed by atoms with van der Waals surface area (Å²) in [6.45, 7) is 5.16. The largest absolute Gasteiger partial charge is 0.493 e. The fraction of sp³-hybridized carbons (Fsp3) is 0.364. The Morgan fingerprint density at radius 1 is 1.10 bits per heavy atom. The number of amidine groups is 1. The van der Waals surface area contributed by atoms with Crippen LogP contribution in [0.1, 0.15) is 27.9 Å². The van der Waals surface area contributed by atoms with Gasteiger partial charge in [-0.15, -0.1) is 17.0 Å². The lowest BCUT2D eigenvalue weighted by Gasteiger charge is -2.28. The molecule has 0 unspecified atom stereocenters. The highest BCUT2D eigenvalue weighted by atomic mass is 79.9. The van der Waals surface area contributed by atoms with E-state index in [0.717, 1.165) is 40.7 Å². The van der Waals surface area contributed by atoms with E-state index in [1.165, 1.54) is 0 Å². The number of thioether (sulfide) groups is 1. The van der Waals surface area contributed by atoms with E-state index >= 15 is 0 Å². The van der Waals surface area contributed by atoms with Crippen molar-refractivity contribution >= 4 is 45.4 Å². The highest BCUT2D eigenvalue weighted by Gasteiger charge is 2.22. The second-order valence-electron chi connectivity index (χ2n) is 6.74. The molecular weight excluding hydrogens is 452 g/mol. The molecule has 0 N–H and O–H groups in total. The number of nitrogens with zero attached hydrogens (tertiary/aromatic N) is 2. The molecule has 5 nitrogen and oxygen atoms in total. The number of ether oxygens (including phenoxy) is 2. The SMILES string of the molecule is Br.COc1ccc(C(=O)CN(C2=NCCCS2)c2cc(C)ccc2C)cc1OC. The third kappa shape index (κ3) is 5.54. The van der Waals surface area contributed by atoms with Crippen LogP contribution < -0.4 is 14.4 Å². The van der Waals surface area contributed by atoms with Crippen LogP contribution in [0, 0.1) is 13.8 Å². The number of carbonyl (C=O) groups excluding carboxylic acids is 1. The monoisotopic (exact) mass is 478 g/mol. The molecule has 7 heteroatoms. The Morgan fingerprint density at radius 3 is 2.52 bits per heavy atom. The van der Waals surface area contributed by atoms with Crippen molar-refractivity contribution in [3.8, 4) is 11.5 Å². The zero-order valence-electron chi connectivity index (χ0n) is 17.2. The summed E-state index contributed by atoms with van der Waals surface area (Å²) in [4.78, 5) is 19.9. The molecule has 0 atom stereocenters. The second kappa shape index (κ2) is 10.7. The van der Waals surface area contributed by atoms with Gasteiger partial charge in [0.15, 0.2) is 22.4 Å². The van der Waals surface area contributed by atoms with Crippen LogP contribution in [0.3, 0.4) is 0 Å². The topological polar surface area (TPSA) is 51.1 Å². The second-order valence-corrected chi connectivity index (χ2v) is 7.80. The third-order valence-corrected chi connectivity index (χ3v) is 5.77. The third-order valence-electron chi connectivity index (χ3n) is 4.67. The first-order valence-corrected chi connectivity index (χ1v) is 10.3. The van der Waals surface area contributed by atoms with Crippen LogP contribution in [0.2, 0.25) is 0 Å². The molecule has 3 rings (SSSR count). The number of hydrogen-bond donors (Lipinski definition) is 0. The molecule has 0 radical (unpaired) electrons. The predicted molar refractivity (Wildman–Crippen MR) is 127 cm³/mol. The number of aryl methyl sites for hydroxylation is 2. The Labute approximate surface area is 187 Å². The molecule has 0 bridgehead atoms. The van der Waals surface area contributed by atoms with Crippen molar-refractivity contribution in [1.82, 2.24) is 0 Å². The van der Waals surface area contributed by atoms with E-state index in [9.17, 15) is 4.79 Å². The number of rotatable bonds is 6. The van der Waals surface area contributed by atoms with Crippen molar-refractivity contribution in [1.29, 1.82) is 0 Å². The summed E-state index contributed by atoms with van der Waals surface area (Å²) in [6.07, 6.45) is 1.07. The Kier molecular flexibility index (Phi) is 8.59. The Bertz CT molecular complexity index is 902. The summed E-state index contributed by atoms with van der Waals surface area (Å²) in [5.41, 5.74) is 3.90. The summed E-state index contributed by atoms with van der Waals surface area (Å²) < 4.78 is 10.6. The van der Waals surface area contributed by atoms with E-state index < -0.39 is 0 Å². The quantitative estimate of drug-likeness (QED) is 0.541. The lowest BCUT2D eigenvalue weighted by Crippen LogP contribution is -2.36. The predicted octanol–water partition coefficient (Wildman–Crippen LogP) is 5.08. The minimum Gasteiger partial charge on any atom is -0.493 e. The fourth-order valence-corrected chi connectivity index (χ4v) is 4.08. The van der Waals surface area contributed by atoms with E-state index in [0.29, 0.717) is 17.1 Å². The number of methoxy groups -OCH3 is 2. The molecule has 2 aromatic carbocycles. The van der Waals surface area contributed by atoms with Crippen molar-refractivity contribution in [2.75, 3.05) is 38.0 Å². The first-order chi connectivity index (χ1) is 13.5. The van der Waals surface area contributed by atoms with Gasteiger partial charge in [0.25, 0.3) is 0 Å². The zero-order chi connectivity index (χ0) is 20.1. The van der Waals surface area contributed by atoms with Crippen LogP contribution in [0.25, 0.3) is 0 Å². The Morgan fingerprint density at radius 2 is 1.86 bits per heavy atom. The van der Waals surface area contributed by atoms with Crippen LogP contribution in [-0.4, -0.2) is 44.0 Å². The van der Waals surface area contributed by atoms with Gasteiger partial charge in [-0.2, -0.15) is 0 Å². The minimum absolute atomic E-state index is 0. The number of halogens is 1. The number of carbonyl (C=O) groups is 1.